The van der Waals surface area contributed by atoms with Crippen LogP contribution in [0.15, 0.2) is 24.3 Å². The number of benzene rings is 1. The van der Waals surface area contributed by atoms with Crippen LogP contribution in [0.2, 0.25) is 0 Å². The van der Waals surface area contributed by atoms with Gasteiger partial charge in [-0.25, -0.2) is 18.5 Å². The number of nitrogens with zero attached hydrogens (tertiary/aromatic N) is 1. The van der Waals surface area contributed by atoms with Crippen molar-refractivity contribution in [2.75, 3.05) is 6.61 Å². The van der Waals surface area contributed by atoms with Crippen molar-refractivity contribution in [1.29, 1.82) is 0 Å². The lowest BCUT2D eigenvalue weighted by atomic mass is 10.2. The standard InChI is InChI=1S/C16H18FNO4/c1-5-21-14(19)13-9-10-8-11(17)6-7-12(10)18(13)15(20)22-16(2,3)4/h6-9H,5H2,1-4H3. The van der Waals surface area contributed by atoms with Gasteiger partial charge in [0.05, 0.1) is 12.1 Å². The monoisotopic (exact) mass is 307 g/mol. The predicted octanol–water partition coefficient (Wildman–Crippen LogP) is 3.74. The highest BCUT2D eigenvalue weighted by Crippen LogP contribution is 2.23. The van der Waals surface area contributed by atoms with Crippen LogP contribution in [0, 0.1) is 5.82 Å². The Morgan fingerprint density at radius 2 is 1.91 bits per heavy atom. The van der Waals surface area contributed by atoms with Crippen LogP contribution in [0.1, 0.15) is 38.2 Å². The quantitative estimate of drug-likeness (QED) is 0.793. The molecule has 2 rings (SSSR count). The number of carbonyl (C=O) groups is 2. The second kappa shape index (κ2) is 5.79. The van der Waals surface area contributed by atoms with Crippen molar-refractivity contribution in [3.8, 4) is 0 Å². The third-order valence-corrected chi connectivity index (χ3v) is 2.82. The van der Waals surface area contributed by atoms with Crippen LogP contribution in [-0.4, -0.2) is 28.8 Å². The Labute approximate surface area is 127 Å². The van der Waals surface area contributed by atoms with Crippen molar-refractivity contribution in [3.05, 3.63) is 35.8 Å². The minimum Gasteiger partial charge on any atom is -0.461 e. The first-order chi connectivity index (χ1) is 10.2. The van der Waals surface area contributed by atoms with Crippen molar-refractivity contribution < 1.29 is 23.5 Å². The van der Waals surface area contributed by atoms with Gasteiger partial charge in [-0.2, -0.15) is 0 Å². The summed E-state index contributed by atoms with van der Waals surface area (Å²) in [6.45, 7) is 7.00. The maximum Gasteiger partial charge on any atom is 0.419 e. The topological polar surface area (TPSA) is 57.5 Å². The molecule has 0 N–H and O–H groups in total. The first kappa shape index (κ1) is 16.0. The number of hydrogen-bond donors (Lipinski definition) is 0. The van der Waals surface area contributed by atoms with Gasteiger partial charge in [-0.1, -0.05) is 0 Å². The normalized spacial score (nSPS) is 11.5. The van der Waals surface area contributed by atoms with Crippen LogP contribution in [0.4, 0.5) is 9.18 Å². The molecule has 0 radical (unpaired) electrons. The van der Waals surface area contributed by atoms with Gasteiger partial charge in [-0.15, -0.1) is 0 Å². The summed E-state index contributed by atoms with van der Waals surface area (Å²) in [6, 6.07) is 5.31. The second-order valence-corrected chi connectivity index (χ2v) is 5.77. The fourth-order valence-corrected chi connectivity index (χ4v) is 2.05. The molecule has 5 nitrogen and oxygen atoms in total. The smallest absolute Gasteiger partial charge is 0.419 e. The summed E-state index contributed by atoms with van der Waals surface area (Å²) in [4.78, 5) is 24.4. The number of aromatic nitrogens is 1. The summed E-state index contributed by atoms with van der Waals surface area (Å²) < 4.78 is 24.7. The lowest BCUT2D eigenvalue weighted by molar-refractivity contribution is 0.0454. The van der Waals surface area contributed by atoms with Gasteiger partial charge in [0, 0.05) is 5.39 Å². The van der Waals surface area contributed by atoms with Crippen LogP contribution in [-0.2, 0) is 9.47 Å². The van der Waals surface area contributed by atoms with E-state index in [-0.39, 0.29) is 12.3 Å². The zero-order valence-corrected chi connectivity index (χ0v) is 13.0. The Kier molecular flexibility index (Phi) is 4.21. The number of esters is 1. The predicted molar refractivity (Wildman–Crippen MR) is 79.5 cm³/mol. The maximum absolute atomic E-state index is 13.4. The van der Waals surface area contributed by atoms with Gasteiger partial charge in [-0.3, -0.25) is 0 Å². The Morgan fingerprint density at radius 1 is 1.23 bits per heavy atom. The van der Waals surface area contributed by atoms with Gasteiger partial charge in [0.15, 0.2) is 0 Å². The molecule has 22 heavy (non-hydrogen) atoms. The molecule has 1 heterocycles. The van der Waals surface area contributed by atoms with Crippen LogP contribution in [0.5, 0.6) is 0 Å². The molecular formula is C16H18FNO4. The molecule has 0 fully saturated rings. The number of ether oxygens (including phenoxy) is 2. The molecule has 0 atom stereocenters. The molecule has 0 aliphatic rings. The van der Waals surface area contributed by atoms with Crippen molar-refractivity contribution in [1.82, 2.24) is 4.57 Å². The highest BCUT2D eigenvalue weighted by Gasteiger charge is 2.25. The molecule has 0 unspecified atom stereocenters. The average Bonchev–Trinajstić information content (AvgIpc) is 2.75. The number of carbonyl (C=O) groups excluding carboxylic acids is 2. The average molecular weight is 307 g/mol. The van der Waals surface area contributed by atoms with Gasteiger partial charge in [0.25, 0.3) is 0 Å². The molecule has 0 spiro atoms. The zero-order chi connectivity index (χ0) is 16.5. The molecule has 0 bridgehead atoms. The Hall–Kier alpha value is -2.37. The molecule has 0 aliphatic heterocycles. The lowest BCUT2D eigenvalue weighted by Crippen LogP contribution is -2.29. The van der Waals surface area contributed by atoms with Crippen LogP contribution >= 0.6 is 0 Å². The Balaban J connectivity index is 2.59. The van der Waals surface area contributed by atoms with Gasteiger partial charge in [-0.05, 0) is 52.0 Å². The molecule has 1 aromatic heterocycles. The maximum atomic E-state index is 13.4. The Morgan fingerprint density at radius 3 is 2.50 bits per heavy atom. The summed E-state index contributed by atoms with van der Waals surface area (Å²) in [5.74, 6) is -1.12. The largest absolute Gasteiger partial charge is 0.461 e. The van der Waals surface area contributed by atoms with E-state index in [1.54, 1.807) is 27.7 Å². The van der Waals surface area contributed by atoms with E-state index >= 15 is 0 Å². The molecule has 0 aliphatic carbocycles. The second-order valence-electron chi connectivity index (χ2n) is 5.77. The number of halogens is 1. The molecule has 1 aromatic carbocycles. The van der Waals surface area contributed by atoms with Gasteiger partial charge < -0.3 is 9.47 Å². The van der Waals surface area contributed by atoms with Gasteiger partial charge in [0.1, 0.15) is 17.1 Å². The number of hydrogen-bond acceptors (Lipinski definition) is 4. The fourth-order valence-electron chi connectivity index (χ4n) is 2.05. The van der Waals surface area contributed by atoms with Crippen molar-refractivity contribution >= 4 is 23.0 Å². The molecule has 0 saturated heterocycles. The first-order valence-electron chi connectivity index (χ1n) is 6.94. The highest BCUT2D eigenvalue weighted by molar-refractivity contribution is 6.01. The summed E-state index contributed by atoms with van der Waals surface area (Å²) in [5, 5.41) is 0.425. The molecule has 0 saturated carbocycles. The van der Waals surface area contributed by atoms with E-state index in [1.165, 1.54) is 24.3 Å². The molecule has 2 aromatic rings. The summed E-state index contributed by atoms with van der Waals surface area (Å²) in [7, 11) is 0. The van der Waals surface area contributed by atoms with Crippen LogP contribution < -0.4 is 0 Å². The highest BCUT2D eigenvalue weighted by atomic mass is 19.1. The van der Waals surface area contributed by atoms with Crippen molar-refractivity contribution in [2.24, 2.45) is 0 Å². The fraction of sp³-hybridized carbons (Fsp3) is 0.375. The van der Waals surface area contributed by atoms with Gasteiger partial charge in [0.2, 0.25) is 0 Å². The molecule has 0 amide bonds. The van der Waals surface area contributed by atoms with E-state index in [1.807, 2.05) is 0 Å². The Bertz CT molecular complexity index is 728. The minimum absolute atomic E-state index is 0.0108. The van der Waals surface area contributed by atoms with Crippen molar-refractivity contribution in [3.63, 3.8) is 0 Å². The van der Waals surface area contributed by atoms with E-state index in [0.717, 1.165) is 4.57 Å². The third kappa shape index (κ3) is 3.27. The molecular weight excluding hydrogens is 289 g/mol. The molecule has 6 heteroatoms. The van der Waals surface area contributed by atoms with E-state index in [4.69, 9.17) is 9.47 Å². The van der Waals surface area contributed by atoms with Crippen molar-refractivity contribution in [2.45, 2.75) is 33.3 Å². The summed E-state index contributed by atoms with van der Waals surface area (Å²) in [6.07, 6.45) is -0.711. The third-order valence-electron chi connectivity index (χ3n) is 2.82. The number of rotatable bonds is 2. The first-order valence-corrected chi connectivity index (χ1v) is 6.94. The van der Waals surface area contributed by atoms with E-state index in [2.05, 4.69) is 0 Å². The summed E-state index contributed by atoms with van der Waals surface area (Å²) >= 11 is 0. The number of fused-ring (bicyclic) bond motifs is 1. The van der Waals surface area contributed by atoms with E-state index in [0.29, 0.717) is 10.9 Å². The van der Waals surface area contributed by atoms with Crippen LogP contribution in [0.3, 0.4) is 0 Å². The van der Waals surface area contributed by atoms with E-state index < -0.39 is 23.5 Å². The summed E-state index contributed by atoms with van der Waals surface area (Å²) in [5.41, 5.74) is -0.324. The minimum atomic E-state index is -0.723. The SMILES string of the molecule is CCOC(=O)c1cc2cc(F)ccc2n1C(=O)OC(C)(C)C. The zero-order valence-electron chi connectivity index (χ0n) is 13.0. The molecule has 118 valence electrons. The lowest BCUT2D eigenvalue weighted by Gasteiger charge is -2.20. The van der Waals surface area contributed by atoms with E-state index in [9.17, 15) is 14.0 Å². The van der Waals surface area contributed by atoms with Gasteiger partial charge >= 0.3 is 12.1 Å². The van der Waals surface area contributed by atoms with Crippen LogP contribution in [0.25, 0.3) is 10.9 Å².